The Kier molecular flexibility index (Phi) is 5.30. The van der Waals surface area contributed by atoms with Crippen LogP contribution in [0.25, 0.3) is 11.3 Å². The lowest BCUT2D eigenvalue weighted by molar-refractivity contribution is -0.384. The molecule has 0 saturated heterocycles. The largest absolute Gasteiger partial charge is 0.455 e. The Morgan fingerprint density at radius 2 is 1.84 bits per heavy atom. The second kappa shape index (κ2) is 7.62. The van der Waals surface area contributed by atoms with Gasteiger partial charge in [-0.05, 0) is 58.4 Å². The molecule has 0 unspecified atom stereocenters. The molecule has 0 bridgehead atoms. The predicted octanol–water partition coefficient (Wildman–Crippen LogP) is 5.83. The van der Waals surface area contributed by atoms with Gasteiger partial charge in [0, 0.05) is 26.6 Å². The average Bonchev–Trinajstić information content (AvgIpc) is 3.05. The maximum absolute atomic E-state index is 10.8. The number of non-ortho nitro benzene ring substituents is 1. The molecule has 6 nitrogen and oxygen atoms in total. The molecule has 0 saturated carbocycles. The lowest BCUT2D eigenvalue weighted by atomic mass is 10.1. The van der Waals surface area contributed by atoms with Crippen LogP contribution in [0, 0.1) is 10.1 Å². The van der Waals surface area contributed by atoms with Crippen LogP contribution in [0.15, 0.2) is 73.1 Å². The fourth-order valence-electron chi connectivity index (χ4n) is 2.08. The van der Waals surface area contributed by atoms with Crippen LogP contribution in [-0.2, 0) is 0 Å². The monoisotopic (exact) mass is 463 g/mol. The van der Waals surface area contributed by atoms with Crippen molar-refractivity contribution in [3.8, 4) is 11.3 Å². The summed E-state index contributed by atoms with van der Waals surface area (Å²) >= 11 is 6.71. The van der Waals surface area contributed by atoms with Crippen LogP contribution in [0.3, 0.4) is 0 Å². The smallest absolute Gasteiger partial charge is 0.270 e. The van der Waals surface area contributed by atoms with Gasteiger partial charge in [-0.25, -0.2) is 0 Å². The van der Waals surface area contributed by atoms with Crippen LogP contribution in [-0.4, -0.2) is 11.1 Å². The molecule has 0 fully saturated rings. The minimum Gasteiger partial charge on any atom is -0.455 e. The molecule has 3 rings (SSSR count). The maximum Gasteiger partial charge on any atom is 0.270 e. The molecule has 0 aliphatic heterocycles. The lowest BCUT2D eigenvalue weighted by Gasteiger charge is -2.01. The molecule has 126 valence electrons. The standard InChI is InChI=1S/C17H11Br2N3O3/c18-11-1-3-12(4-2-11)21-20-10-14-6-8-17(25-14)15-7-5-13(22(23)24)9-16(15)19/h1-10,21H/b20-10+. The van der Waals surface area contributed by atoms with Gasteiger partial charge in [0.05, 0.1) is 16.8 Å². The number of nitro groups is 1. The number of benzene rings is 2. The van der Waals surface area contributed by atoms with E-state index in [-0.39, 0.29) is 5.69 Å². The van der Waals surface area contributed by atoms with Gasteiger partial charge in [0.25, 0.3) is 5.69 Å². The number of nitrogens with one attached hydrogen (secondary N) is 1. The van der Waals surface area contributed by atoms with Crippen molar-refractivity contribution in [2.45, 2.75) is 0 Å². The Hall–Kier alpha value is -2.45. The van der Waals surface area contributed by atoms with E-state index in [0.29, 0.717) is 16.0 Å². The summed E-state index contributed by atoms with van der Waals surface area (Å²) in [5.41, 5.74) is 4.50. The predicted molar refractivity (Wildman–Crippen MR) is 104 cm³/mol. The highest BCUT2D eigenvalue weighted by molar-refractivity contribution is 9.10. The topological polar surface area (TPSA) is 80.7 Å². The summed E-state index contributed by atoms with van der Waals surface area (Å²) in [5.74, 6) is 1.15. The minimum absolute atomic E-state index is 0.0164. The molecule has 0 radical (unpaired) electrons. The van der Waals surface area contributed by atoms with Gasteiger partial charge < -0.3 is 4.42 Å². The second-order valence-electron chi connectivity index (χ2n) is 5.00. The fourth-order valence-corrected chi connectivity index (χ4v) is 2.91. The number of hydrogen-bond donors (Lipinski definition) is 1. The SMILES string of the molecule is O=[N+]([O-])c1ccc(-c2ccc(/C=N/Nc3ccc(Br)cc3)o2)c(Br)c1. The van der Waals surface area contributed by atoms with Crippen molar-refractivity contribution in [2.75, 3.05) is 5.43 Å². The van der Waals surface area contributed by atoms with E-state index in [4.69, 9.17) is 4.42 Å². The third-order valence-electron chi connectivity index (χ3n) is 3.29. The van der Waals surface area contributed by atoms with Crippen LogP contribution in [0.2, 0.25) is 0 Å². The van der Waals surface area contributed by atoms with Gasteiger partial charge in [-0.2, -0.15) is 5.10 Å². The van der Waals surface area contributed by atoms with Crippen molar-refractivity contribution in [3.63, 3.8) is 0 Å². The number of furan rings is 1. The number of halogens is 2. The first-order valence-electron chi connectivity index (χ1n) is 7.12. The number of hydrogen-bond acceptors (Lipinski definition) is 5. The van der Waals surface area contributed by atoms with Gasteiger partial charge in [-0.3, -0.25) is 15.5 Å². The van der Waals surface area contributed by atoms with Crippen LogP contribution in [0.1, 0.15) is 5.76 Å². The highest BCUT2D eigenvalue weighted by atomic mass is 79.9. The Balaban J connectivity index is 1.73. The summed E-state index contributed by atoms with van der Waals surface area (Å²) in [4.78, 5) is 10.4. The number of anilines is 1. The first-order valence-corrected chi connectivity index (χ1v) is 8.70. The van der Waals surface area contributed by atoms with Crippen LogP contribution in [0.4, 0.5) is 11.4 Å². The summed E-state index contributed by atoms with van der Waals surface area (Å²) in [5, 5.41) is 14.9. The van der Waals surface area contributed by atoms with E-state index < -0.39 is 4.92 Å². The van der Waals surface area contributed by atoms with Crippen molar-refractivity contribution in [3.05, 3.63) is 79.4 Å². The minimum atomic E-state index is -0.442. The molecule has 1 N–H and O–H groups in total. The van der Waals surface area contributed by atoms with Gasteiger partial charge in [-0.1, -0.05) is 15.9 Å². The Morgan fingerprint density at radius 1 is 1.08 bits per heavy atom. The van der Waals surface area contributed by atoms with E-state index >= 15 is 0 Å². The van der Waals surface area contributed by atoms with Crippen LogP contribution >= 0.6 is 31.9 Å². The van der Waals surface area contributed by atoms with E-state index in [0.717, 1.165) is 15.7 Å². The Labute approximate surface area is 160 Å². The third kappa shape index (κ3) is 4.34. The molecular formula is C17H11Br2N3O3. The molecular weight excluding hydrogens is 454 g/mol. The number of nitro benzene ring substituents is 1. The van der Waals surface area contributed by atoms with Crippen molar-refractivity contribution >= 4 is 49.4 Å². The maximum atomic E-state index is 10.8. The number of nitrogens with zero attached hydrogens (tertiary/aromatic N) is 2. The van der Waals surface area contributed by atoms with Crippen molar-refractivity contribution in [1.29, 1.82) is 0 Å². The van der Waals surface area contributed by atoms with E-state index in [1.165, 1.54) is 12.1 Å². The molecule has 0 atom stereocenters. The average molecular weight is 465 g/mol. The van der Waals surface area contributed by atoms with Gasteiger partial charge in [0.1, 0.15) is 11.5 Å². The summed E-state index contributed by atoms with van der Waals surface area (Å²) in [7, 11) is 0. The van der Waals surface area contributed by atoms with Crippen LogP contribution < -0.4 is 5.43 Å². The zero-order valence-electron chi connectivity index (χ0n) is 12.6. The van der Waals surface area contributed by atoms with E-state index in [1.54, 1.807) is 24.4 Å². The first kappa shape index (κ1) is 17.4. The summed E-state index contributed by atoms with van der Waals surface area (Å²) in [6, 6.07) is 15.7. The van der Waals surface area contributed by atoms with Crippen molar-refractivity contribution < 1.29 is 9.34 Å². The van der Waals surface area contributed by atoms with E-state index in [1.807, 2.05) is 24.3 Å². The zero-order valence-corrected chi connectivity index (χ0v) is 15.8. The van der Waals surface area contributed by atoms with Gasteiger partial charge >= 0.3 is 0 Å². The first-order chi connectivity index (χ1) is 12.0. The summed E-state index contributed by atoms with van der Waals surface area (Å²) in [6.45, 7) is 0. The number of hydrazone groups is 1. The van der Waals surface area contributed by atoms with Gasteiger partial charge in [-0.15, -0.1) is 0 Å². The summed E-state index contributed by atoms with van der Waals surface area (Å²) < 4.78 is 7.29. The molecule has 1 aromatic heterocycles. The lowest BCUT2D eigenvalue weighted by Crippen LogP contribution is -1.89. The molecule has 0 amide bonds. The van der Waals surface area contributed by atoms with Gasteiger partial charge in [0.2, 0.25) is 0 Å². The fraction of sp³-hybridized carbons (Fsp3) is 0. The molecule has 2 aromatic carbocycles. The molecule has 1 heterocycles. The highest BCUT2D eigenvalue weighted by Crippen LogP contribution is 2.32. The molecule has 25 heavy (non-hydrogen) atoms. The number of rotatable bonds is 5. The van der Waals surface area contributed by atoms with E-state index in [2.05, 4.69) is 42.4 Å². The Bertz CT molecular complexity index is 937. The molecule has 8 heteroatoms. The molecule has 3 aromatic rings. The molecule has 0 aliphatic carbocycles. The molecule has 0 spiro atoms. The van der Waals surface area contributed by atoms with Crippen molar-refractivity contribution in [2.24, 2.45) is 5.10 Å². The third-order valence-corrected chi connectivity index (χ3v) is 4.47. The molecule has 0 aliphatic rings. The second-order valence-corrected chi connectivity index (χ2v) is 6.77. The normalized spacial score (nSPS) is 11.0. The summed E-state index contributed by atoms with van der Waals surface area (Å²) in [6.07, 6.45) is 1.56. The quantitative estimate of drug-likeness (QED) is 0.292. The highest BCUT2D eigenvalue weighted by Gasteiger charge is 2.12. The Morgan fingerprint density at radius 3 is 2.52 bits per heavy atom. The van der Waals surface area contributed by atoms with Crippen molar-refractivity contribution in [1.82, 2.24) is 0 Å². The zero-order chi connectivity index (χ0) is 17.8. The van der Waals surface area contributed by atoms with E-state index in [9.17, 15) is 10.1 Å². The van der Waals surface area contributed by atoms with Crippen LogP contribution in [0.5, 0.6) is 0 Å². The van der Waals surface area contributed by atoms with Gasteiger partial charge in [0.15, 0.2) is 0 Å².